The summed E-state index contributed by atoms with van der Waals surface area (Å²) < 4.78 is 0. The van der Waals surface area contributed by atoms with E-state index in [0.717, 1.165) is 38.2 Å². The van der Waals surface area contributed by atoms with E-state index in [2.05, 4.69) is 14.8 Å². The van der Waals surface area contributed by atoms with Crippen molar-refractivity contribution in [3.05, 3.63) is 18.3 Å². The molecule has 0 spiro atoms. The molecule has 0 radical (unpaired) electrons. The molecule has 0 saturated carbocycles. The summed E-state index contributed by atoms with van der Waals surface area (Å²) in [5.74, 6) is 0.543. The molecule has 0 bridgehead atoms. The van der Waals surface area contributed by atoms with Gasteiger partial charge in [-0.1, -0.05) is 0 Å². The molecule has 0 amide bonds. The second-order valence-corrected chi connectivity index (χ2v) is 4.34. The monoisotopic (exact) mass is 234 g/mol. The largest absolute Gasteiger partial charge is 0.384 e. The highest BCUT2D eigenvalue weighted by molar-refractivity contribution is 5.57. The molecule has 1 aliphatic heterocycles. The SMILES string of the molecule is CC(C=O)N1CCN(c2ccc(N)nc2)CC1. The van der Waals surface area contributed by atoms with Gasteiger partial charge in [0, 0.05) is 26.2 Å². The Labute approximate surface area is 101 Å². The first-order valence-electron chi connectivity index (χ1n) is 5.86. The molecule has 2 N–H and O–H groups in total. The minimum atomic E-state index is 0.0155. The van der Waals surface area contributed by atoms with Crippen LogP contribution in [0.25, 0.3) is 0 Å². The van der Waals surface area contributed by atoms with Crippen LogP contribution in [0.4, 0.5) is 11.5 Å². The fraction of sp³-hybridized carbons (Fsp3) is 0.500. The third kappa shape index (κ3) is 2.74. The van der Waals surface area contributed by atoms with Gasteiger partial charge < -0.3 is 15.4 Å². The van der Waals surface area contributed by atoms with Crippen molar-refractivity contribution in [1.82, 2.24) is 9.88 Å². The maximum Gasteiger partial charge on any atom is 0.136 e. The van der Waals surface area contributed by atoms with Crippen LogP contribution in [0.5, 0.6) is 0 Å². The Balaban J connectivity index is 1.95. The Kier molecular flexibility index (Phi) is 3.58. The lowest BCUT2D eigenvalue weighted by Crippen LogP contribution is -2.50. The number of pyridine rings is 1. The van der Waals surface area contributed by atoms with Crippen molar-refractivity contribution in [1.29, 1.82) is 0 Å². The number of piperazine rings is 1. The van der Waals surface area contributed by atoms with Crippen molar-refractivity contribution in [3.8, 4) is 0 Å². The lowest BCUT2D eigenvalue weighted by Gasteiger charge is -2.37. The van der Waals surface area contributed by atoms with E-state index in [1.165, 1.54) is 0 Å². The highest BCUT2D eigenvalue weighted by Crippen LogP contribution is 2.16. The van der Waals surface area contributed by atoms with Crippen LogP contribution in [0.3, 0.4) is 0 Å². The number of rotatable bonds is 3. The Morgan fingerprint density at radius 3 is 2.59 bits per heavy atom. The van der Waals surface area contributed by atoms with Gasteiger partial charge in [0.15, 0.2) is 0 Å². The summed E-state index contributed by atoms with van der Waals surface area (Å²) in [7, 11) is 0. The quantitative estimate of drug-likeness (QED) is 0.766. The Morgan fingerprint density at radius 1 is 1.35 bits per heavy atom. The van der Waals surface area contributed by atoms with Crippen LogP contribution in [-0.2, 0) is 4.79 Å². The average molecular weight is 234 g/mol. The molecule has 1 aromatic rings. The van der Waals surface area contributed by atoms with E-state index in [4.69, 9.17) is 5.73 Å². The van der Waals surface area contributed by atoms with E-state index in [1.54, 1.807) is 6.20 Å². The zero-order valence-electron chi connectivity index (χ0n) is 10.0. The van der Waals surface area contributed by atoms with E-state index in [1.807, 2.05) is 19.1 Å². The molecule has 0 aromatic carbocycles. The standard InChI is InChI=1S/C12H18N4O/c1-10(9-17)15-4-6-16(7-5-15)11-2-3-12(13)14-8-11/h2-3,8-10H,4-7H2,1H3,(H2,13,14). The third-order valence-electron chi connectivity index (χ3n) is 3.22. The minimum Gasteiger partial charge on any atom is -0.384 e. The van der Waals surface area contributed by atoms with Gasteiger partial charge in [0.1, 0.15) is 12.1 Å². The Bertz CT molecular complexity index is 371. The molecule has 1 unspecified atom stereocenters. The molecule has 1 atom stereocenters. The Morgan fingerprint density at radius 2 is 2.06 bits per heavy atom. The highest BCUT2D eigenvalue weighted by atomic mass is 16.1. The predicted molar refractivity (Wildman–Crippen MR) is 68.0 cm³/mol. The molecule has 0 aliphatic carbocycles. The maximum absolute atomic E-state index is 10.7. The first-order valence-corrected chi connectivity index (χ1v) is 5.86. The summed E-state index contributed by atoms with van der Waals surface area (Å²) in [5.41, 5.74) is 6.65. The van der Waals surface area contributed by atoms with Gasteiger partial charge >= 0.3 is 0 Å². The average Bonchev–Trinajstić information content (AvgIpc) is 2.39. The summed E-state index contributed by atoms with van der Waals surface area (Å²) in [4.78, 5) is 19.3. The summed E-state index contributed by atoms with van der Waals surface area (Å²) in [5, 5.41) is 0. The van der Waals surface area contributed by atoms with E-state index in [0.29, 0.717) is 5.82 Å². The van der Waals surface area contributed by atoms with Gasteiger partial charge in [-0.15, -0.1) is 0 Å². The molecule has 2 heterocycles. The van der Waals surface area contributed by atoms with E-state index >= 15 is 0 Å². The van der Waals surface area contributed by atoms with Gasteiger partial charge in [0.05, 0.1) is 17.9 Å². The number of carbonyl (C=O) groups excluding carboxylic acids is 1. The smallest absolute Gasteiger partial charge is 0.136 e. The van der Waals surface area contributed by atoms with Crippen molar-refractivity contribution in [2.45, 2.75) is 13.0 Å². The normalized spacial score (nSPS) is 19.0. The van der Waals surface area contributed by atoms with Crippen LogP contribution in [-0.4, -0.2) is 48.4 Å². The van der Waals surface area contributed by atoms with Crippen LogP contribution in [0.2, 0.25) is 0 Å². The number of hydrogen-bond donors (Lipinski definition) is 1. The van der Waals surface area contributed by atoms with Crippen molar-refractivity contribution in [2.75, 3.05) is 36.8 Å². The van der Waals surface area contributed by atoms with Crippen molar-refractivity contribution in [2.24, 2.45) is 0 Å². The number of anilines is 2. The molecular weight excluding hydrogens is 216 g/mol. The molecule has 1 aromatic heterocycles. The number of nitrogens with zero attached hydrogens (tertiary/aromatic N) is 3. The first kappa shape index (κ1) is 11.9. The number of aldehydes is 1. The number of hydrogen-bond acceptors (Lipinski definition) is 5. The maximum atomic E-state index is 10.7. The Hall–Kier alpha value is -1.62. The van der Waals surface area contributed by atoms with Gasteiger partial charge in [-0.3, -0.25) is 4.90 Å². The molecule has 1 aliphatic rings. The molecule has 92 valence electrons. The first-order chi connectivity index (χ1) is 8.20. The molecule has 1 saturated heterocycles. The molecule has 2 rings (SSSR count). The molecule has 5 heteroatoms. The highest BCUT2D eigenvalue weighted by Gasteiger charge is 2.20. The van der Waals surface area contributed by atoms with Gasteiger partial charge in [0.2, 0.25) is 0 Å². The number of carbonyl (C=O) groups is 1. The second-order valence-electron chi connectivity index (χ2n) is 4.34. The van der Waals surface area contributed by atoms with E-state index in [9.17, 15) is 4.79 Å². The molecular formula is C12H18N4O. The van der Waals surface area contributed by atoms with Gasteiger partial charge in [-0.05, 0) is 19.1 Å². The number of nitrogens with two attached hydrogens (primary N) is 1. The lowest BCUT2D eigenvalue weighted by molar-refractivity contribution is -0.112. The van der Waals surface area contributed by atoms with E-state index in [-0.39, 0.29) is 6.04 Å². The van der Waals surface area contributed by atoms with Crippen LogP contribution in [0.15, 0.2) is 18.3 Å². The fourth-order valence-electron chi connectivity index (χ4n) is 2.06. The zero-order chi connectivity index (χ0) is 12.3. The summed E-state index contributed by atoms with van der Waals surface area (Å²) in [6.07, 6.45) is 2.80. The molecule has 1 fully saturated rings. The lowest BCUT2D eigenvalue weighted by atomic mass is 10.2. The minimum absolute atomic E-state index is 0.0155. The van der Waals surface area contributed by atoms with Crippen LogP contribution >= 0.6 is 0 Å². The van der Waals surface area contributed by atoms with Gasteiger partial charge in [0.25, 0.3) is 0 Å². The van der Waals surface area contributed by atoms with Crippen molar-refractivity contribution < 1.29 is 4.79 Å². The molecule has 5 nitrogen and oxygen atoms in total. The zero-order valence-corrected chi connectivity index (χ0v) is 10.0. The van der Waals surface area contributed by atoms with Crippen molar-refractivity contribution >= 4 is 17.8 Å². The van der Waals surface area contributed by atoms with Crippen LogP contribution in [0, 0.1) is 0 Å². The fourth-order valence-corrected chi connectivity index (χ4v) is 2.06. The number of nitrogen functional groups attached to an aromatic ring is 1. The summed E-state index contributed by atoms with van der Waals surface area (Å²) in [6, 6.07) is 3.82. The van der Waals surface area contributed by atoms with Crippen LogP contribution in [0.1, 0.15) is 6.92 Å². The van der Waals surface area contributed by atoms with Gasteiger partial charge in [-0.25, -0.2) is 4.98 Å². The molecule has 17 heavy (non-hydrogen) atoms. The number of aromatic nitrogens is 1. The summed E-state index contributed by atoms with van der Waals surface area (Å²) >= 11 is 0. The van der Waals surface area contributed by atoms with Crippen LogP contribution < -0.4 is 10.6 Å². The van der Waals surface area contributed by atoms with Crippen molar-refractivity contribution in [3.63, 3.8) is 0 Å². The third-order valence-corrected chi connectivity index (χ3v) is 3.22. The predicted octanol–water partition coefficient (Wildman–Crippen LogP) is 0.373. The van der Waals surface area contributed by atoms with Gasteiger partial charge in [-0.2, -0.15) is 0 Å². The topological polar surface area (TPSA) is 62.5 Å². The second kappa shape index (κ2) is 5.14. The summed E-state index contributed by atoms with van der Waals surface area (Å²) in [6.45, 7) is 5.59. The van der Waals surface area contributed by atoms with E-state index < -0.39 is 0 Å².